The van der Waals surface area contributed by atoms with Crippen molar-refractivity contribution in [1.29, 1.82) is 0 Å². The van der Waals surface area contributed by atoms with Gasteiger partial charge in [0, 0.05) is 10.9 Å². The number of anilines is 1. The molecule has 3 aromatic rings. The lowest BCUT2D eigenvalue weighted by Crippen LogP contribution is -2.20. The third-order valence-corrected chi connectivity index (χ3v) is 3.33. The number of fused-ring (bicyclic) bond motifs is 1. The van der Waals surface area contributed by atoms with E-state index in [0.29, 0.717) is 5.95 Å². The summed E-state index contributed by atoms with van der Waals surface area (Å²) in [5.41, 5.74) is 2.56. The van der Waals surface area contributed by atoms with Crippen LogP contribution in [0.2, 0.25) is 0 Å². The van der Waals surface area contributed by atoms with E-state index in [2.05, 4.69) is 15.3 Å². The highest BCUT2D eigenvalue weighted by atomic mass is 19.1. The van der Waals surface area contributed by atoms with E-state index in [4.69, 9.17) is 5.11 Å². The van der Waals surface area contributed by atoms with Gasteiger partial charge in [-0.05, 0) is 6.07 Å². The molecule has 0 aliphatic carbocycles. The van der Waals surface area contributed by atoms with Crippen LogP contribution in [0.1, 0.15) is 0 Å². The number of alkyl halides is 1. The standard InChI is InChI=1S/C17H16FN3O/c18-13(11-22)10-19-17-20-15-9-5-4-8-14(15)16(21-17)12-6-2-1-3-7-12/h1-9,13,22H,10-11H2,(H,19,20,21). The van der Waals surface area contributed by atoms with Gasteiger partial charge in [-0.15, -0.1) is 0 Å². The minimum atomic E-state index is -1.34. The van der Waals surface area contributed by atoms with Gasteiger partial charge in [-0.1, -0.05) is 48.5 Å². The molecule has 0 radical (unpaired) electrons. The zero-order chi connectivity index (χ0) is 15.4. The van der Waals surface area contributed by atoms with Gasteiger partial charge in [0.25, 0.3) is 0 Å². The van der Waals surface area contributed by atoms with Crippen molar-refractivity contribution in [3.8, 4) is 11.3 Å². The fraction of sp³-hybridized carbons (Fsp3) is 0.176. The van der Waals surface area contributed by atoms with Crippen molar-refractivity contribution < 1.29 is 9.50 Å². The number of nitrogens with zero attached hydrogens (tertiary/aromatic N) is 2. The number of hydrogen-bond donors (Lipinski definition) is 2. The van der Waals surface area contributed by atoms with Crippen molar-refractivity contribution >= 4 is 16.9 Å². The van der Waals surface area contributed by atoms with Gasteiger partial charge in [-0.25, -0.2) is 14.4 Å². The first-order chi connectivity index (χ1) is 10.8. The summed E-state index contributed by atoms with van der Waals surface area (Å²) in [5.74, 6) is 0.355. The van der Waals surface area contributed by atoms with E-state index < -0.39 is 12.8 Å². The average molecular weight is 297 g/mol. The molecule has 2 N–H and O–H groups in total. The van der Waals surface area contributed by atoms with Crippen molar-refractivity contribution in [3.63, 3.8) is 0 Å². The molecule has 22 heavy (non-hydrogen) atoms. The van der Waals surface area contributed by atoms with Crippen LogP contribution >= 0.6 is 0 Å². The van der Waals surface area contributed by atoms with E-state index in [-0.39, 0.29) is 6.54 Å². The Balaban J connectivity index is 2.05. The first-order valence-electron chi connectivity index (χ1n) is 7.09. The predicted molar refractivity (Wildman–Crippen MR) is 85.4 cm³/mol. The van der Waals surface area contributed by atoms with Crippen molar-refractivity contribution in [2.24, 2.45) is 0 Å². The molecule has 2 aromatic carbocycles. The van der Waals surface area contributed by atoms with Crippen LogP contribution in [0.5, 0.6) is 0 Å². The summed E-state index contributed by atoms with van der Waals surface area (Å²) in [6, 6.07) is 17.5. The van der Waals surface area contributed by atoms with Crippen LogP contribution < -0.4 is 5.32 Å². The topological polar surface area (TPSA) is 58.0 Å². The SMILES string of the molecule is OCC(F)CNc1nc(-c2ccccc2)c2ccccc2n1. The van der Waals surface area contributed by atoms with E-state index in [0.717, 1.165) is 22.2 Å². The van der Waals surface area contributed by atoms with Gasteiger partial charge in [0.05, 0.1) is 24.4 Å². The Kier molecular flexibility index (Phi) is 4.25. The van der Waals surface area contributed by atoms with Gasteiger partial charge < -0.3 is 10.4 Å². The quantitative estimate of drug-likeness (QED) is 0.760. The Morgan fingerprint density at radius 2 is 1.73 bits per heavy atom. The van der Waals surface area contributed by atoms with E-state index in [9.17, 15) is 4.39 Å². The molecule has 0 aliphatic rings. The number of halogens is 1. The van der Waals surface area contributed by atoms with Crippen molar-refractivity contribution in [3.05, 3.63) is 54.6 Å². The van der Waals surface area contributed by atoms with E-state index in [1.54, 1.807) is 0 Å². The summed E-state index contributed by atoms with van der Waals surface area (Å²) in [5, 5.41) is 12.5. The minimum Gasteiger partial charge on any atom is -0.393 e. The fourth-order valence-corrected chi connectivity index (χ4v) is 2.24. The number of benzene rings is 2. The van der Waals surface area contributed by atoms with Gasteiger partial charge in [0.1, 0.15) is 6.17 Å². The van der Waals surface area contributed by atoms with Gasteiger partial charge in [-0.3, -0.25) is 0 Å². The largest absolute Gasteiger partial charge is 0.393 e. The zero-order valence-electron chi connectivity index (χ0n) is 11.9. The Morgan fingerprint density at radius 1 is 1.00 bits per heavy atom. The molecule has 5 heteroatoms. The first-order valence-corrected chi connectivity index (χ1v) is 7.09. The van der Waals surface area contributed by atoms with Gasteiger partial charge in [0.2, 0.25) is 5.95 Å². The highest BCUT2D eigenvalue weighted by Crippen LogP contribution is 2.26. The fourth-order valence-electron chi connectivity index (χ4n) is 2.24. The Morgan fingerprint density at radius 3 is 2.50 bits per heavy atom. The molecule has 0 bridgehead atoms. The molecule has 3 rings (SSSR count). The first kappa shape index (κ1) is 14.4. The lowest BCUT2D eigenvalue weighted by atomic mass is 10.1. The molecule has 0 saturated heterocycles. The lowest BCUT2D eigenvalue weighted by molar-refractivity contribution is 0.186. The Hall–Kier alpha value is -2.53. The second-order valence-electron chi connectivity index (χ2n) is 4.94. The van der Waals surface area contributed by atoms with E-state index >= 15 is 0 Å². The molecule has 0 aliphatic heterocycles. The number of rotatable bonds is 5. The zero-order valence-corrected chi connectivity index (χ0v) is 11.9. The third-order valence-electron chi connectivity index (χ3n) is 3.33. The molecule has 1 heterocycles. The summed E-state index contributed by atoms with van der Waals surface area (Å²) in [4.78, 5) is 8.90. The average Bonchev–Trinajstić information content (AvgIpc) is 2.59. The molecular weight excluding hydrogens is 281 g/mol. The maximum atomic E-state index is 13.2. The molecule has 4 nitrogen and oxygen atoms in total. The number of aliphatic hydroxyl groups is 1. The Bertz CT molecular complexity index is 764. The minimum absolute atomic E-state index is 0.0247. The van der Waals surface area contributed by atoms with Crippen LogP contribution in [0.4, 0.5) is 10.3 Å². The predicted octanol–water partition coefficient (Wildman–Crippen LogP) is 3.04. The van der Waals surface area contributed by atoms with Crippen LogP contribution in [-0.4, -0.2) is 34.4 Å². The number of hydrogen-bond acceptors (Lipinski definition) is 4. The second-order valence-corrected chi connectivity index (χ2v) is 4.94. The number of aliphatic hydroxyl groups excluding tert-OH is 1. The monoisotopic (exact) mass is 297 g/mol. The van der Waals surface area contributed by atoms with Crippen LogP contribution in [0, 0.1) is 0 Å². The molecule has 0 saturated carbocycles. The molecule has 1 aromatic heterocycles. The van der Waals surface area contributed by atoms with Crippen molar-refractivity contribution in [2.45, 2.75) is 6.17 Å². The lowest BCUT2D eigenvalue weighted by Gasteiger charge is -2.11. The van der Waals surface area contributed by atoms with Crippen LogP contribution in [0.3, 0.4) is 0 Å². The smallest absolute Gasteiger partial charge is 0.223 e. The van der Waals surface area contributed by atoms with Crippen LogP contribution in [-0.2, 0) is 0 Å². The van der Waals surface area contributed by atoms with Gasteiger partial charge in [0.15, 0.2) is 0 Å². The number of aromatic nitrogens is 2. The molecule has 1 unspecified atom stereocenters. The highest BCUT2D eigenvalue weighted by Gasteiger charge is 2.10. The summed E-state index contributed by atoms with van der Waals surface area (Å²) < 4.78 is 13.2. The van der Waals surface area contributed by atoms with Gasteiger partial charge in [-0.2, -0.15) is 0 Å². The normalized spacial score (nSPS) is 12.3. The molecular formula is C17H16FN3O. The summed E-state index contributed by atoms with van der Waals surface area (Å²) >= 11 is 0. The van der Waals surface area contributed by atoms with Crippen molar-refractivity contribution in [1.82, 2.24) is 9.97 Å². The molecule has 112 valence electrons. The van der Waals surface area contributed by atoms with E-state index in [1.165, 1.54) is 0 Å². The van der Waals surface area contributed by atoms with Crippen LogP contribution in [0.15, 0.2) is 54.6 Å². The van der Waals surface area contributed by atoms with E-state index in [1.807, 2.05) is 54.6 Å². The summed E-state index contributed by atoms with van der Waals surface area (Å²) in [7, 11) is 0. The molecule has 0 amide bonds. The number of nitrogens with one attached hydrogen (secondary N) is 1. The summed E-state index contributed by atoms with van der Waals surface area (Å²) in [6.07, 6.45) is -1.34. The molecule has 0 fully saturated rings. The third kappa shape index (κ3) is 3.04. The maximum absolute atomic E-state index is 13.2. The van der Waals surface area contributed by atoms with Crippen LogP contribution in [0.25, 0.3) is 22.2 Å². The van der Waals surface area contributed by atoms with Gasteiger partial charge >= 0.3 is 0 Å². The summed E-state index contributed by atoms with van der Waals surface area (Å²) in [6.45, 7) is -0.546. The number of para-hydroxylation sites is 1. The molecule has 0 spiro atoms. The maximum Gasteiger partial charge on any atom is 0.223 e. The van der Waals surface area contributed by atoms with Crippen molar-refractivity contribution in [2.75, 3.05) is 18.5 Å². The highest BCUT2D eigenvalue weighted by molar-refractivity contribution is 5.93. The molecule has 1 atom stereocenters. The second kappa shape index (κ2) is 6.49. The Labute approximate surface area is 127 Å².